The molecule has 3 rings (SSSR count). The monoisotopic (exact) mass is 388 g/mol. The number of piperidine rings is 1. The zero-order valence-corrected chi connectivity index (χ0v) is 16.5. The van der Waals surface area contributed by atoms with E-state index in [-0.39, 0.29) is 19.3 Å². The van der Waals surface area contributed by atoms with Crippen molar-refractivity contribution in [3.63, 3.8) is 0 Å². The Labute approximate surface area is 166 Å². The number of aryl methyl sites for hydroxylation is 1. The number of halogens is 1. The molecule has 1 atom stereocenters. The number of aliphatic hydroxyl groups is 2. The van der Waals surface area contributed by atoms with E-state index in [1.807, 2.05) is 18.2 Å². The molecule has 1 unspecified atom stereocenters. The summed E-state index contributed by atoms with van der Waals surface area (Å²) in [5, 5.41) is 19.5. The lowest BCUT2D eigenvalue weighted by Gasteiger charge is -2.36. The quantitative estimate of drug-likeness (QED) is 0.750. The number of nitrogens with zero attached hydrogens (tertiary/aromatic N) is 1. The van der Waals surface area contributed by atoms with Gasteiger partial charge >= 0.3 is 0 Å². The van der Waals surface area contributed by atoms with Gasteiger partial charge in [0.2, 0.25) is 0 Å². The topological polar surface area (TPSA) is 52.9 Å². The van der Waals surface area contributed by atoms with Crippen molar-refractivity contribution in [2.75, 3.05) is 31.8 Å². The fourth-order valence-corrected chi connectivity index (χ4v) is 3.96. The molecule has 1 aliphatic rings. The standard InChI is InChI=1S/C22H27ClNO3/c1-27-22-10-7-16(5-4-12-25)13-20(22)19-14-17(8-9-21(19)23)24-11-3-2-6-18(24)15-26/h7,9-10,13-14,18,25-26H,2-6,11-12,15H2,1H3. The molecule has 145 valence electrons. The van der Waals surface area contributed by atoms with Crippen LogP contribution in [0.25, 0.3) is 11.1 Å². The van der Waals surface area contributed by atoms with Gasteiger partial charge in [-0.3, -0.25) is 0 Å². The summed E-state index contributed by atoms with van der Waals surface area (Å²) in [5.74, 6) is 0.763. The van der Waals surface area contributed by atoms with Crippen LogP contribution in [-0.4, -0.2) is 43.1 Å². The van der Waals surface area contributed by atoms with E-state index in [0.717, 1.165) is 66.8 Å². The van der Waals surface area contributed by atoms with Crippen molar-refractivity contribution in [1.82, 2.24) is 0 Å². The molecular formula is C22H27ClNO3. The van der Waals surface area contributed by atoms with Crippen molar-refractivity contribution in [2.45, 2.75) is 38.1 Å². The summed E-state index contributed by atoms with van der Waals surface area (Å²) in [6.07, 6.45) is 4.77. The first-order chi connectivity index (χ1) is 13.2. The van der Waals surface area contributed by atoms with Gasteiger partial charge in [-0.2, -0.15) is 0 Å². The third-order valence-corrected chi connectivity index (χ3v) is 5.52. The summed E-state index contributed by atoms with van der Waals surface area (Å²) in [6.45, 7) is 1.23. The zero-order chi connectivity index (χ0) is 19.2. The Balaban J connectivity index is 2.01. The largest absolute Gasteiger partial charge is 0.496 e. The summed E-state index contributed by atoms with van der Waals surface area (Å²) >= 11 is 6.53. The lowest BCUT2D eigenvalue weighted by molar-refractivity contribution is 0.240. The Morgan fingerprint density at radius 2 is 2.07 bits per heavy atom. The second-order valence-electron chi connectivity index (χ2n) is 6.97. The average molecular weight is 389 g/mol. The smallest absolute Gasteiger partial charge is 0.126 e. The van der Waals surface area contributed by atoms with Gasteiger partial charge < -0.3 is 19.8 Å². The van der Waals surface area contributed by atoms with E-state index in [9.17, 15) is 5.11 Å². The van der Waals surface area contributed by atoms with Crippen LogP contribution in [0.3, 0.4) is 0 Å². The number of benzene rings is 2. The van der Waals surface area contributed by atoms with Crippen LogP contribution in [0.15, 0.2) is 30.3 Å². The van der Waals surface area contributed by atoms with Gasteiger partial charge in [0.1, 0.15) is 5.75 Å². The normalized spacial score (nSPS) is 17.2. The third-order valence-electron chi connectivity index (χ3n) is 5.21. The van der Waals surface area contributed by atoms with E-state index in [1.54, 1.807) is 13.2 Å². The summed E-state index contributed by atoms with van der Waals surface area (Å²) in [4.78, 5) is 2.23. The van der Waals surface area contributed by atoms with Crippen LogP contribution in [0.1, 0.15) is 31.2 Å². The molecule has 0 aliphatic carbocycles. The van der Waals surface area contributed by atoms with Gasteiger partial charge in [-0.15, -0.1) is 0 Å². The number of hydrogen-bond acceptors (Lipinski definition) is 4. The minimum Gasteiger partial charge on any atom is -0.496 e. The van der Waals surface area contributed by atoms with E-state index in [0.29, 0.717) is 5.02 Å². The highest BCUT2D eigenvalue weighted by Crippen LogP contribution is 2.38. The fourth-order valence-electron chi connectivity index (χ4n) is 3.75. The lowest BCUT2D eigenvalue weighted by Crippen LogP contribution is -2.41. The van der Waals surface area contributed by atoms with Crippen molar-refractivity contribution in [2.24, 2.45) is 0 Å². The van der Waals surface area contributed by atoms with E-state index in [4.69, 9.17) is 21.4 Å². The molecule has 0 spiro atoms. The maximum atomic E-state index is 9.74. The highest BCUT2D eigenvalue weighted by Gasteiger charge is 2.23. The van der Waals surface area contributed by atoms with Crippen molar-refractivity contribution < 1.29 is 14.9 Å². The summed E-state index contributed by atoms with van der Waals surface area (Å²) < 4.78 is 5.57. The molecule has 1 radical (unpaired) electrons. The first-order valence-electron chi connectivity index (χ1n) is 9.54. The third kappa shape index (κ3) is 4.57. The molecule has 5 heteroatoms. The second-order valence-corrected chi connectivity index (χ2v) is 7.37. The molecule has 1 saturated heterocycles. The Morgan fingerprint density at radius 3 is 2.81 bits per heavy atom. The molecule has 1 heterocycles. The van der Waals surface area contributed by atoms with Crippen molar-refractivity contribution in [1.29, 1.82) is 0 Å². The maximum Gasteiger partial charge on any atom is 0.126 e. The highest BCUT2D eigenvalue weighted by molar-refractivity contribution is 6.33. The maximum absolute atomic E-state index is 9.74. The average Bonchev–Trinajstić information content (AvgIpc) is 2.72. The zero-order valence-electron chi connectivity index (χ0n) is 15.7. The first kappa shape index (κ1) is 20.0. The van der Waals surface area contributed by atoms with Gasteiger partial charge in [0.15, 0.2) is 0 Å². The molecule has 1 fully saturated rings. The van der Waals surface area contributed by atoms with Gasteiger partial charge in [0, 0.05) is 41.1 Å². The molecule has 2 aromatic carbocycles. The van der Waals surface area contributed by atoms with Crippen molar-refractivity contribution in [3.8, 4) is 16.9 Å². The molecule has 27 heavy (non-hydrogen) atoms. The number of rotatable bonds is 7. The number of ether oxygens (including phenoxy) is 1. The molecule has 2 N–H and O–H groups in total. The molecule has 2 aromatic rings. The Morgan fingerprint density at radius 1 is 1.22 bits per heavy atom. The number of methoxy groups -OCH3 is 1. The van der Waals surface area contributed by atoms with Crippen LogP contribution in [-0.2, 0) is 6.42 Å². The molecule has 0 aromatic heterocycles. The fraction of sp³-hybridized carbons (Fsp3) is 0.455. The van der Waals surface area contributed by atoms with E-state index in [2.05, 4.69) is 17.0 Å². The minimum absolute atomic E-state index is 0.127. The Hall–Kier alpha value is -1.75. The predicted octanol–water partition coefficient (Wildman–Crippen LogP) is 4.09. The van der Waals surface area contributed by atoms with Crippen molar-refractivity contribution in [3.05, 3.63) is 47.0 Å². The summed E-state index contributed by atoms with van der Waals surface area (Å²) in [6, 6.07) is 13.3. The van der Waals surface area contributed by atoms with E-state index >= 15 is 0 Å². The first-order valence-corrected chi connectivity index (χ1v) is 9.92. The van der Waals surface area contributed by atoms with Gasteiger partial charge in [0.25, 0.3) is 0 Å². The van der Waals surface area contributed by atoms with Gasteiger partial charge in [-0.25, -0.2) is 0 Å². The molecular weight excluding hydrogens is 362 g/mol. The molecule has 0 bridgehead atoms. The summed E-state index contributed by atoms with van der Waals surface area (Å²) in [7, 11) is 1.66. The van der Waals surface area contributed by atoms with Crippen LogP contribution in [0.4, 0.5) is 5.69 Å². The molecule has 4 nitrogen and oxygen atoms in total. The van der Waals surface area contributed by atoms with Gasteiger partial charge in [-0.1, -0.05) is 17.7 Å². The van der Waals surface area contributed by atoms with Crippen molar-refractivity contribution >= 4 is 17.3 Å². The van der Waals surface area contributed by atoms with Gasteiger partial charge in [-0.05, 0) is 61.9 Å². The van der Waals surface area contributed by atoms with E-state index < -0.39 is 0 Å². The lowest BCUT2D eigenvalue weighted by atomic mass is 9.97. The Bertz CT molecular complexity index is 765. The second kappa shape index (κ2) is 9.45. The SMILES string of the molecule is COc1ccc(CCCO)cc1-c1cc(N2CCCCC2CO)[c]cc1Cl. The predicted molar refractivity (Wildman–Crippen MR) is 110 cm³/mol. The summed E-state index contributed by atoms with van der Waals surface area (Å²) in [5.41, 5.74) is 3.92. The number of anilines is 1. The number of hydrogen-bond donors (Lipinski definition) is 2. The van der Waals surface area contributed by atoms with Crippen LogP contribution < -0.4 is 9.64 Å². The molecule has 0 saturated carbocycles. The van der Waals surface area contributed by atoms with E-state index in [1.165, 1.54) is 0 Å². The van der Waals surface area contributed by atoms with Crippen LogP contribution in [0.5, 0.6) is 5.75 Å². The van der Waals surface area contributed by atoms with Crippen LogP contribution >= 0.6 is 11.6 Å². The molecule has 1 aliphatic heterocycles. The molecule has 0 amide bonds. The van der Waals surface area contributed by atoms with Crippen LogP contribution in [0, 0.1) is 6.07 Å². The number of aliphatic hydroxyl groups excluding tert-OH is 2. The Kier molecular flexibility index (Phi) is 7.00. The van der Waals surface area contributed by atoms with Gasteiger partial charge in [0.05, 0.1) is 19.8 Å². The minimum atomic E-state index is 0.127. The van der Waals surface area contributed by atoms with Crippen LogP contribution in [0.2, 0.25) is 5.02 Å². The highest BCUT2D eigenvalue weighted by atomic mass is 35.5.